The first-order valence-electron chi connectivity index (χ1n) is 10.1. The van der Waals surface area contributed by atoms with Crippen LogP contribution in [0.3, 0.4) is 0 Å². The maximum Gasteiger partial charge on any atom is 0.229 e. The van der Waals surface area contributed by atoms with Gasteiger partial charge in [-0.3, -0.25) is 13.7 Å². The largest absolute Gasteiger partial charge is 0.326 e. The fraction of sp³-hybridized carbons (Fsp3) is 0.409. The van der Waals surface area contributed by atoms with E-state index in [4.69, 9.17) is 0 Å². The number of hydrogen-bond donors (Lipinski definition) is 2. The first-order chi connectivity index (χ1) is 14.3. The minimum absolute atomic E-state index is 0.0386. The molecule has 1 unspecified atom stereocenters. The quantitative estimate of drug-likeness (QED) is 0.642. The van der Waals surface area contributed by atoms with E-state index < -0.39 is 20.8 Å². The van der Waals surface area contributed by atoms with Gasteiger partial charge in [-0.2, -0.15) is 0 Å². The summed E-state index contributed by atoms with van der Waals surface area (Å²) in [5, 5.41) is 3.13. The second-order valence-electron chi connectivity index (χ2n) is 7.74. The Morgan fingerprint density at radius 3 is 2.53 bits per heavy atom. The van der Waals surface area contributed by atoms with Crippen molar-refractivity contribution in [2.24, 2.45) is 0 Å². The van der Waals surface area contributed by atoms with Crippen LogP contribution in [-0.2, 0) is 37.8 Å². The Kier molecular flexibility index (Phi) is 7.66. The fourth-order valence-electron chi connectivity index (χ4n) is 3.70. The maximum absolute atomic E-state index is 12.7. The maximum atomic E-state index is 12.7. The molecule has 8 heteroatoms. The molecule has 0 heterocycles. The van der Waals surface area contributed by atoms with Crippen molar-refractivity contribution in [2.45, 2.75) is 49.5 Å². The Morgan fingerprint density at radius 2 is 1.80 bits per heavy atom. The molecule has 0 radical (unpaired) electrons. The number of benzene rings is 2. The summed E-state index contributed by atoms with van der Waals surface area (Å²) >= 11 is 0. The van der Waals surface area contributed by atoms with Crippen LogP contribution in [0.25, 0.3) is 0 Å². The highest BCUT2D eigenvalue weighted by molar-refractivity contribution is 7.92. The van der Waals surface area contributed by atoms with Crippen LogP contribution >= 0.6 is 0 Å². The van der Waals surface area contributed by atoms with Crippen molar-refractivity contribution < 1.29 is 17.4 Å². The highest BCUT2D eigenvalue weighted by Gasteiger charge is 2.20. The molecule has 2 N–H and O–H groups in total. The lowest BCUT2D eigenvalue weighted by molar-refractivity contribution is -0.115. The molecule has 0 aliphatic heterocycles. The lowest BCUT2D eigenvalue weighted by Crippen LogP contribution is -2.20. The third-order valence-corrected chi connectivity index (χ3v) is 7.53. The van der Waals surface area contributed by atoms with Crippen molar-refractivity contribution >= 4 is 38.1 Å². The number of carbonyl (C=O) groups is 1. The molecule has 3 rings (SSSR count). The summed E-state index contributed by atoms with van der Waals surface area (Å²) in [7, 11) is -4.33. The molecule has 1 fully saturated rings. The van der Waals surface area contributed by atoms with Gasteiger partial charge >= 0.3 is 0 Å². The Balaban J connectivity index is 1.62. The molecule has 2 aromatic carbocycles. The summed E-state index contributed by atoms with van der Waals surface area (Å²) in [6.45, 7) is 0. The number of para-hydroxylation sites is 1. The third kappa shape index (κ3) is 6.95. The molecular formula is C22H28N2O4S2. The number of sulfonamides is 1. The zero-order valence-corrected chi connectivity index (χ0v) is 18.7. The van der Waals surface area contributed by atoms with Gasteiger partial charge in [-0.25, -0.2) is 8.42 Å². The average Bonchev–Trinajstić information content (AvgIpc) is 2.69. The molecule has 0 aromatic heterocycles. The molecule has 2 aromatic rings. The van der Waals surface area contributed by atoms with E-state index in [1.54, 1.807) is 30.3 Å². The predicted octanol–water partition coefficient (Wildman–Crippen LogP) is 3.82. The first-order valence-corrected chi connectivity index (χ1v) is 13.4. The zero-order chi connectivity index (χ0) is 21.6. The lowest BCUT2D eigenvalue weighted by Gasteiger charge is -2.21. The van der Waals surface area contributed by atoms with Crippen LogP contribution in [0.1, 0.15) is 43.2 Å². The molecule has 0 spiro atoms. The van der Waals surface area contributed by atoms with Crippen LogP contribution in [0, 0.1) is 0 Å². The van der Waals surface area contributed by atoms with Crippen LogP contribution in [-0.4, -0.2) is 30.0 Å². The summed E-state index contributed by atoms with van der Waals surface area (Å²) in [5.74, 6) is 0.249. The SMILES string of the molecule is CS(=O)(=O)Nc1ccccc1CC(=O)Nc1cccc(CS(=O)C2CCCCC2)c1. The van der Waals surface area contributed by atoms with E-state index in [2.05, 4.69) is 10.0 Å². The van der Waals surface area contributed by atoms with Gasteiger partial charge in [-0.1, -0.05) is 49.6 Å². The van der Waals surface area contributed by atoms with Gasteiger partial charge in [-0.05, 0) is 42.2 Å². The molecule has 1 atom stereocenters. The number of hydrogen-bond acceptors (Lipinski definition) is 4. The molecule has 1 aliphatic carbocycles. The Labute approximate surface area is 181 Å². The van der Waals surface area contributed by atoms with Crippen molar-refractivity contribution in [3.8, 4) is 0 Å². The molecular weight excluding hydrogens is 420 g/mol. The Morgan fingerprint density at radius 1 is 1.07 bits per heavy atom. The van der Waals surface area contributed by atoms with Gasteiger partial charge in [0.05, 0.1) is 18.4 Å². The topological polar surface area (TPSA) is 92.3 Å². The van der Waals surface area contributed by atoms with Crippen molar-refractivity contribution in [3.63, 3.8) is 0 Å². The average molecular weight is 449 g/mol. The van der Waals surface area contributed by atoms with Gasteiger partial charge in [0.2, 0.25) is 15.9 Å². The Bertz CT molecular complexity index is 1020. The lowest BCUT2D eigenvalue weighted by atomic mass is 10.0. The summed E-state index contributed by atoms with van der Waals surface area (Å²) < 4.78 is 38.2. The van der Waals surface area contributed by atoms with Crippen molar-refractivity contribution in [3.05, 3.63) is 59.7 Å². The number of amides is 1. The zero-order valence-electron chi connectivity index (χ0n) is 17.1. The predicted molar refractivity (Wildman–Crippen MR) is 122 cm³/mol. The van der Waals surface area contributed by atoms with Crippen LogP contribution in [0.2, 0.25) is 0 Å². The van der Waals surface area contributed by atoms with E-state index in [0.717, 1.165) is 37.5 Å². The molecule has 1 amide bonds. The van der Waals surface area contributed by atoms with Gasteiger partial charge in [0.1, 0.15) is 0 Å². The van der Waals surface area contributed by atoms with Crippen LogP contribution in [0.15, 0.2) is 48.5 Å². The monoisotopic (exact) mass is 448 g/mol. The highest BCUT2D eigenvalue weighted by atomic mass is 32.2. The smallest absolute Gasteiger partial charge is 0.229 e. The van der Waals surface area contributed by atoms with Crippen LogP contribution < -0.4 is 10.0 Å². The highest BCUT2D eigenvalue weighted by Crippen LogP contribution is 2.24. The van der Waals surface area contributed by atoms with E-state index in [9.17, 15) is 17.4 Å². The normalized spacial score (nSPS) is 16.0. The molecule has 6 nitrogen and oxygen atoms in total. The van der Waals surface area contributed by atoms with Crippen molar-refractivity contribution in [1.82, 2.24) is 0 Å². The van der Waals surface area contributed by atoms with Gasteiger partial charge in [-0.15, -0.1) is 0 Å². The summed E-state index contributed by atoms with van der Waals surface area (Å²) in [6, 6.07) is 14.3. The number of rotatable bonds is 8. The van der Waals surface area contributed by atoms with Crippen molar-refractivity contribution in [2.75, 3.05) is 16.3 Å². The van der Waals surface area contributed by atoms with E-state index in [0.29, 0.717) is 22.7 Å². The van der Waals surface area contributed by atoms with E-state index >= 15 is 0 Å². The van der Waals surface area contributed by atoms with Crippen LogP contribution in [0.4, 0.5) is 11.4 Å². The minimum atomic E-state index is -3.43. The third-order valence-electron chi connectivity index (χ3n) is 5.11. The molecule has 0 saturated heterocycles. The summed E-state index contributed by atoms with van der Waals surface area (Å²) in [6.07, 6.45) is 6.72. The molecule has 1 aliphatic rings. The van der Waals surface area contributed by atoms with Gasteiger partial charge in [0.25, 0.3) is 0 Å². The van der Waals surface area contributed by atoms with E-state index in [-0.39, 0.29) is 17.6 Å². The second-order valence-corrected chi connectivity index (χ2v) is 11.2. The molecule has 1 saturated carbocycles. The fourth-order valence-corrected chi connectivity index (χ4v) is 5.90. The van der Waals surface area contributed by atoms with Gasteiger partial charge in [0, 0.05) is 27.5 Å². The summed E-state index contributed by atoms with van der Waals surface area (Å²) in [5.41, 5.74) is 2.57. The van der Waals surface area contributed by atoms with E-state index in [1.807, 2.05) is 18.2 Å². The number of carbonyl (C=O) groups excluding carboxylic acids is 1. The molecule has 30 heavy (non-hydrogen) atoms. The van der Waals surface area contributed by atoms with Crippen molar-refractivity contribution in [1.29, 1.82) is 0 Å². The van der Waals surface area contributed by atoms with E-state index in [1.165, 1.54) is 6.42 Å². The number of nitrogens with one attached hydrogen (secondary N) is 2. The number of anilines is 2. The first kappa shape index (κ1) is 22.5. The molecule has 0 bridgehead atoms. The van der Waals surface area contributed by atoms with Gasteiger partial charge in [0.15, 0.2) is 0 Å². The summed E-state index contributed by atoms with van der Waals surface area (Å²) in [4.78, 5) is 12.5. The molecule has 162 valence electrons. The standard InChI is InChI=1S/C22H28N2O4S2/c1-30(27,28)24-21-13-6-5-9-18(21)15-22(25)23-19-10-7-8-17(14-19)16-29(26)20-11-3-2-4-12-20/h5-10,13-14,20,24H,2-4,11-12,15-16H2,1H3,(H,23,25). The second kappa shape index (κ2) is 10.2. The minimum Gasteiger partial charge on any atom is -0.326 e. The van der Waals surface area contributed by atoms with Crippen LogP contribution in [0.5, 0.6) is 0 Å². The Hall–Kier alpha value is -2.19. The van der Waals surface area contributed by atoms with Gasteiger partial charge < -0.3 is 5.32 Å².